The maximum absolute atomic E-state index is 6.14. The summed E-state index contributed by atoms with van der Waals surface area (Å²) >= 11 is 0. The van der Waals surface area contributed by atoms with Gasteiger partial charge in [0.25, 0.3) is 0 Å². The lowest BCUT2D eigenvalue weighted by Gasteiger charge is -2.21. The van der Waals surface area contributed by atoms with Crippen LogP contribution in [0, 0.1) is 0 Å². The molecule has 0 bridgehead atoms. The number of nitrogens with one attached hydrogen (secondary N) is 1. The van der Waals surface area contributed by atoms with Crippen LogP contribution in [-0.2, 0) is 12.8 Å². The summed E-state index contributed by atoms with van der Waals surface area (Å²) in [5.74, 6) is 0.540. The molecule has 1 aromatic carbocycles. The number of hydrogen-bond acceptors (Lipinski definition) is 2. The number of guanidine groups is 1. The van der Waals surface area contributed by atoms with Crippen LogP contribution in [0.3, 0.4) is 0 Å². The number of benzene rings is 1. The van der Waals surface area contributed by atoms with E-state index in [1.165, 1.54) is 30.5 Å². The van der Waals surface area contributed by atoms with Gasteiger partial charge in [-0.2, -0.15) is 0 Å². The minimum absolute atomic E-state index is 0.540. The van der Waals surface area contributed by atoms with Gasteiger partial charge in [0.05, 0.1) is 6.54 Å². The van der Waals surface area contributed by atoms with Gasteiger partial charge < -0.3 is 11.1 Å². The summed E-state index contributed by atoms with van der Waals surface area (Å²) < 4.78 is 0. The van der Waals surface area contributed by atoms with Gasteiger partial charge in [0, 0.05) is 11.7 Å². The first-order chi connectivity index (χ1) is 10.7. The lowest BCUT2D eigenvalue weighted by atomic mass is 10.0. The summed E-state index contributed by atoms with van der Waals surface area (Å²) in [5.41, 5.74) is 9.88. The Morgan fingerprint density at radius 1 is 1.27 bits per heavy atom. The van der Waals surface area contributed by atoms with Crippen molar-refractivity contribution in [1.29, 1.82) is 0 Å². The normalized spacial score (nSPS) is 19.6. The number of nitrogens with zero attached hydrogens (tertiary/aromatic N) is 2. The van der Waals surface area contributed by atoms with E-state index in [1.54, 1.807) is 0 Å². The van der Waals surface area contributed by atoms with E-state index in [4.69, 9.17) is 5.73 Å². The van der Waals surface area contributed by atoms with Crippen LogP contribution in [0.4, 0.5) is 5.69 Å². The lowest BCUT2D eigenvalue weighted by Crippen LogP contribution is -2.33. The number of likely N-dealkylation sites (N-methyl/N-ethyl adjacent to an activating group) is 1. The number of nitrogens with two attached hydrogens (primary N) is 1. The van der Waals surface area contributed by atoms with Crippen molar-refractivity contribution in [2.45, 2.75) is 52.5 Å². The Morgan fingerprint density at radius 3 is 2.55 bits per heavy atom. The molecule has 0 aromatic heterocycles. The minimum atomic E-state index is 0.540. The fraction of sp³-hybridized carbons (Fsp3) is 0.611. The molecule has 0 saturated carbocycles. The molecular weight excluding hydrogens is 272 g/mol. The van der Waals surface area contributed by atoms with Crippen LogP contribution in [0.15, 0.2) is 23.2 Å². The molecule has 3 N–H and O–H groups in total. The van der Waals surface area contributed by atoms with Crippen LogP contribution in [0.5, 0.6) is 0 Å². The van der Waals surface area contributed by atoms with Crippen molar-refractivity contribution >= 4 is 11.6 Å². The predicted molar refractivity (Wildman–Crippen MR) is 95.6 cm³/mol. The van der Waals surface area contributed by atoms with Crippen molar-refractivity contribution in [3.05, 3.63) is 29.3 Å². The van der Waals surface area contributed by atoms with E-state index in [9.17, 15) is 0 Å². The third kappa shape index (κ3) is 4.01. The van der Waals surface area contributed by atoms with E-state index in [-0.39, 0.29) is 0 Å². The van der Waals surface area contributed by atoms with Crippen molar-refractivity contribution in [2.24, 2.45) is 10.7 Å². The zero-order chi connectivity index (χ0) is 15.9. The average molecular weight is 302 g/mol. The fourth-order valence-corrected chi connectivity index (χ4v) is 3.29. The molecule has 1 aliphatic rings. The zero-order valence-corrected chi connectivity index (χ0v) is 14.2. The number of para-hydroxylation sites is 1. The van der Waals surface area contributed by atoms with Crippen LogP contribution in [0.1, 0.15) is 44.7 Å². The molecule has 1 unspecified atom stereocenters. The third-order valence-corrected chi connectivity index (χ3v) is 4.63. The maximum atomic E-state index is 6.14. The zero-order valence-electron chi connectivity index (χ0n) is 14.2. The molecule has 2 rings (SSSR count). The largest absolute Gasteiger partial charge is 0.370 e. The number of aliphatic imine (C=N–C) groups is 1. The average Bonchev–Trinajstić information content (AvgIpc) is 3.00. The highest BCUT2D eigenvalue weighted by atomic mass is 15.2. The quantitative estimate of drug-likeness (QED) is 0.627. The van der Waals surface area contributed by atoms with Crippen molar-refractivity contribution in [2.75, 3.05) is 25.0 Å². The number of aryl methyl sites for hydroxylation is 2. The van der Waals surface area contributed by atoms with Gasteiger partial charge in [-0.3, -0.25) is 9.89 Å². The number of likely N-dealkylation sites (tertiary alicyclic amines) is 1. The van der Waals surface area contributed by atoms with Gasteiger partial charge in [0.2, 0.25) is 0 Å². The molecule has 0 amide bonds. The Balaban J connectivity index is 2.05. The van der Waals surface area contributed by atoms with Crippen LogP contribution < -0.4 is 11.1 Å². The van der Waals surface area contributed by atoms with E-state index in [2.05, 4.69) is 54.2 Å². The summed E-state index contributed by atoms with van der Waals surface area (Å²) in [6, 6.07) is 6.99. The molecule has 1 aromatic rings. The number of anilines is 1. The van der Waals surface area contributed by atoms with Crippen molar-refractivity contribution in [1.82, 2.24) is 4.90 Å². The van der Waals surface area contributed by atoms with E-state index in [0.29, 0.717) is 12.0 Å². The van der Waals surface area contributed by atoms with Crippen LogP contribution >= 0.6 is 0 Å². The highest BCUT2D eigenvalue weighted by Crippen LogP contribution is 2.22. The Morgan fingerprint density at radius 2 is 1.95 bits per heavy atom. The molecule has 0 spiro atoms. The smallest absolute Gasteiger partial charge is 0.193 e. The second-order valence-corrected chi connectivity index (χ2v) is 5.93. The Labute approximate surface area is 134 Å². The first-order valence-corrected chi connectivity index (χ1v) is 8.61. The summed E-state index contributed by atoms with van der Waals surface area (Å²) in [4.78, 5) is 7.09. The van der Waals surface area contributed by atoms with Crippen LogP contribution in [0.25, 0.3) is 0 Å². The lowest BCUT2D eigenvalue weighted by molar-refractivity contribution is 0.273. The Bertz CT molecular complexity index is 488. The van der Waals surface area contributed by atoms with Gasteiger partial charge in [-0.15, -0.1) is 0 Å². The van der Waals surface area contributed by atoms with Gasteiger partial charge in [-0.25, -0.2) is 0 Å². The van der Waals surface area contributed by atoms with E-state index in [1.807, 2.05) is 0 Å². The fourth-order valence-electron chi connectivity index (χ4n) is 3.29. The summed E-state index contributed by atoms with van der Waals surface area (Å²) in [6.07, 6.45) is 4.50. The third-order valence-electron chi connectivity index (χ3n) is 4.63. The first kappa shape index (κ1) is 16.8. The van der Waals surface area contributed by atoms with Gasteiger partial charge in [-0.05, 0) is 49.9 Å². The molecular formula is C18H30N4. The molecule has 1 fully saturated rings. The monoisotopic (exact) mass is 302 g/mol. The van der Waals surface area contributed by atoms with Crippen molar-refractivity contribution in [3.63, 3.8) is 0 Å². The SMILES string of the molecule is CCc1cccc(CC)c1NC(N)=NCC1CCCN1CC. The molecule has 0 aliphatic carbocycles. The summed E-state index contributed by atoms with van der Waals surface area (Å²) in [5, 5.41) is 3.35. The van der Waals surface area contributed by atoms with Gasteiger partial charge in [0.1, 0.15) is 0 Å². The maximum Gasteiger partial charge on any atom is 0.193 e. The topological polar surface area (TPSA) is 53.6 Å². The summed E-state index contributed by atoms with van der Waals surface area (Å²) in [7, 11) is 0. The number of hydrogen-bond donors (Lipinski definition) is 2. The predicted octanol–water partition coefficient (Wildman–Crippen LogP) is 3.02. The molecule has 122 valence electrons. The van der Waals surface area contributed by atoms with E-state index >= 15 is 0 Å². The van der Waals surface area contributed by atoms with Gasteiger partial charge >= 0.3 is 0 Å². The molecule has 4 heteroatoms. The molecule has 22 heavy (non-hydrogen) atoms. The second kappa shape index (κ2) is 8.18. The van der Waals surface area contributed by atoms with Gasteiger partial charge in [-0.1, -0.05) is 39.0 Å². The molecule has 1 atom stereocenters. The standard InChI is InChI=1S/C18H30N4/c1-4-14-9-7-10-15(5-2)17(14)21-18(19)20-13-16-11-8-12-22(16)6-3/h7,9-10,16H,4-6,8,11-13H2,1-3H3,(H3,19,20,21). The minimum Gasteiger partial charge on any atom is -0.370 e. The second-order valence-electron chi connectivity index (χ2n) is 5.93. The Hall–Kier alpha value is -1.55. The Kier molecular flexibility index (Phi) is 6.25. The van der Waals surface area contributed by atoms with E-state index < -0.39 is 0 Å². The van der Waals surface area contributed by atoms with E-state index in [0.717, 1.165) is 31.6 Å². The van der Waals surface area contributed by atoms with Gasteiger partial charge in [0.15, 0.2) is 5.96 Å². The number of rotatable bonds is 6. The van der Waals surface area contributed by atoms with Crippen molar-refractivity contribution in [3.8, 4) is 0 Å². The molecule has 1 aliphatic heterocycles. The van der Waals surface area contributed by atoms with Crippen LogP contribution in [-0.4, -0.2) is 36.5 Å². The van der Waals surface area contributed by atoms with Crippen LogP contribution in [0.2, 0.25) is 0 Å². The highest BCUT2D eigenvalue weighted by Gasteiger charge is 2.22. The molecule has 1 saturated heterocycles. The molecule has 4 nitrogen and oxygen atoms in total. The van der Waals surface area contributed by atoms with Crippen molar-refractivity contribution < 1.29 is 0 Å². The molecule has 1 heterocycles. The first-order valence-electron chi connectivity index (χ1n) is 8.61. The highest BCUT2D eigenvalue weighted by molar-refractivity contribution is 5.93. The molecule has 0 radical (unpaired) electrons. The summed E-state index contributed by atoms with van der Waals surface area (Å²) in [6.45, 7) is 9.65.